The summed E-state index contributed by atoms with van der Waals surface area (Å²) in [7, 11) is 0. The van der Waals surface area contributed by atoms with Gasteiger partial charge in [-0.1, -0.05) is 12.1 Å². The molecule has 80 valence electrons. The molecule has 1 unspecified atom stereocenters. The van der Waals surface area contributed by atoms with Gasteiger partial charge in [-0.2, -0.15) is 0 Å². The molecule has 0 bridgehead atoms. The van der Waals surface area contributed by atoms with Crippen LogP contribution in [0.15, 0.2) is 24.3 Å². The van der Waals surface area contributed by atoms with Crippen molar-refractivity contribution in [3.63, 3.8) is 0 Å². The van der Waals surface area contributed by atoms with Crippen LogP contribution in [-0.4, -0.2) is 23.6 Å². The van der Waals surface area contributed by atoms with Crippen LogP contribution in [0.5, 0.6) is 0 Å². The zero-order valence-corrected chi connectivity index (χ0v) is 8.39. The largest absolute Gasteiger partial charge is 0.392 e. The van der Waals surface area contributed by atoms with Crippen molar-refractivity contribution in [2.75, 3.05) is 11.4 Å². The standard InChI is InChI=1S/C11H14N2O2/c12-10-5-6-13(11(10)15)9-3-1-8(7-14)2-4-9/h1-4,10,14H,5-7,12H2. The number of anilines is 1. The highest BCUT2D eigenvalue weighted by molar-refractivity contribution is 5.99. The summed E-state index contributed by atoms with van der Waals surface area (Å²) >= 11 is 0. The number of nitrogens with zero attached hydrogens (tertiary/aromatic N) is 1. The van der Waals surface area contributed by atoms with Crippen molar-refractivity contribution in [2.45, 2.75) is 19.1 Å². The van der Waals surface area contributed by atoms with Gasteiger partial charge in [-0.3, -0.25) is 4.79 Å². The van der Waals surface area contributed by atoms with Crippen LogP contribution in [0.1, 0.15) is 12.0 Å². The highest BCUT2D eigenvalue weighted by Gasteiger charge is 2.29. The fourth-order valence-electron chi connectivity index (χ4n) is 1.74. The van der Waals surface area contributed by atoms with E-state index in [4.69, 9.17) is 10.8 Å². The summed E-state index contributed by atoms with van der Waals surface area (Å²) < 4.78 is 0. The molecule has 0 saturated carbocycles. The Hall–Kier alpha value is -1.39. The molecule has 4 heteroatoms. The van der Waals surface area contributed by atoms with Crippen molar-refractivity contribution in [3.8, 4) is 0 Å². The van der Waals surface area contributed by atoms with Crippen molar-refractivity contribution in [3.05, 3.63) is 29.8 Å². The van der Waals surface area contributed by atoms with Crippen molar-refractivity contribution in [1.29, 1.82) is 0 Å². The van der Waals surface area contributed by atoms with Crippen LogP contribution in [0.4, 0.5) is 5.69 Å². The number of nitrogens with two attached hydrogens (primary N) is 1. The lowest BCUT2D eigenvalue weighted by Gasteiger charge is -2.16. The van der Waals surface area contributed by atoms with E-state index in [0.717, 1.165) is 11.3 Å². The molecule has 1 atom stereocenters. The first kappa shape index (κ1) is 10.1. The summed E-state index contributed by atoms with van der Waals surface area (Å²) in [5.74, 6) is -0.0215. The Labute approximate surface area is 88.3 Å². The van der Waals surface area contributed by atoms with Gasteiger partial charge in [-0.05, 0) is 24.1 Å². The van der Waals surface area contributed by atoms with Gasteiger partial charge in [0.25, 0.3) is 0 Å². The van der Waals surface area contributed by atoms with Crippen molar-refractivity contribution in [1.82, 2.24) is 0 Å². The summed E-state index contributed by atoms with van der Waals surface area (Å²) in [4.78, 5) is 13.3. The summed E-state index contributed by atoms with van der Waals surface area (Å²) in [5, 5.41) is 8.89. The van der Waals surface area contributed by atoms with Gasteiger partial charge in [0.2, 0.25) is 5.91 Å². The van der Waals surface area contributed by atoms with Crippen LogP contribution in [0.25, 0.3) is 0 Å². The first-order valence-corrected chi connectivity index (χ1v) is 4.99. The van der Waals surface area contributed by atoms with E-state index in [1.165, 1.54) is 0 Å². The van der Waals surface area contributed by atoms with Gasteiger partial charge in [0.05, 0.1) is 12.6 Å². The monoisotopic (exact) mass is 206 g/mol. The summed E-state index contributed by atoms with van der Waals surface area (Å²) in [6.07, 6.45) is 0.709. The van der Waals surface area contributed by atoms with Gasteiger partial charge in [0.15, 0.2) is 0 Å². The van der Waals surface area contributed by atoms with Crippen LogP contribution in [0.2, 0.25) is 0 Å². The average Bonchev–Trinajstić information content (AvgIpc) is 2.60. The third-order valence-electron chi connectivity index (χ3n) is 2.68. The number of carbonyl (C=O) groups is 1. The molecule has 1 aromatic carbocycles. The Bertz CT molecular complexity index is 361. The second-order valence-electron chi connectivity index (χ2n) is 3.71. The zero-order valence-electron chi connectivity index (χ0n) is 8.39. The average molecular weight is 206 g/mol. The quantitative estimate of drug-likeness (QED) is 0.728. The Morgan fingerprint density at radius 1 is 1.40 bits per heavy atom. The molecular formula is C11H14N2O2. The van der Waals surface area contributed by atoms with E-state index in [1.807, 2.05) is 24.3 Å². The maximum Gasteiger partial charge on any atom is 0.243 e. The molecule has 3 N–H and O–H groups in total. The molecule has 1 aliphatic heterocycles. The molecule has 1 heterocycles. The molecule has 1 aliphatic rings. The Balaban J connectivity index is 2.19. The third-order valence-corrected chi connectivity index (χ3v) is 2.68. The molecular weight excluding hydrogens is 192 g/mol. The van der Waals surface area contributed by atoms with Gasteiger partial charge < -0.3 is 15.7 Å². The SMILES string of the molecule is NC1CCN(c2ccc(CO)cc2)C1=O. The number of aliphatic hydroxyl groups is 1. The van der Waals surface area contributed by atoms with E-state index < -0.39 is 0 Å². The molecule has 0 radical (unpaired) electrons. The second kappa shape index (κ2) is 4.00. The first-order valence-electron chi connectivity index (χ1n) is 4.99. The fourth-order valence-corrected chi connectivity index (χ4v) is 1.74. The summed E-state index contributed by atoms with van der Waals surface area (Å²) in [6.45, 7) is 0.701. The van der Waals surface area contributed by atoms with Gasteiger partial charge in [-0.15, -0.1) is 0 Å². The van der Waals surface area contributed by atoms with E-state index in [1.54, 1.807) is 4.90 Å². The van der Waals surface area contributed by atoms with Crippen LogP contribution < -0.4 is 10.6 Å². The van der Waals surface area contributed by atoms with Crippen LogP contribution in [-0.2, 0) is 11.4 Å². The van der Waals surface area contributed by atoms with Crippen LogP contribution in [0.3, 0.4) is 0 Å². The van der Waals surface area contributed by atoms with Crippen molar-refractivity contribution >= 4 is 11.6 Å². The minimum absolute atomic E-state index is 0.0215. The maximum absolute atomic E-state index is 11.6. The zero-order chi connectivity index (χ0) is 10.8. The van der Waals surface area contributed by atoms with Gasteiger partial charge in [-0.25, -0.2) is 0 Å². The first-order chi connectivity index (χ1) is 7.22. The fraction of sp³-hybridized carbons (Fsp3) is 0.364. The van der Waals surface area contributed by atoms with Crippen LogP contribution in [0, 0.1) is 0 Å². The lowest BCUT2D eigenvalue weighted by atomic mass is 10.2. The Morgan fingerprint density at radius 3 is 2.53 bits per heavy atom. The van der Waals surface area contributed by atoms with Gasteiger partial charge in [0.1, 0.15) is 0 Å². The Morgan fingerprint density at radius 2 is 2.07 bits per heavy atom. The highest BCUT2D eigenvalue weighted by Crippen LogP contribution is 2.21. The molecule has 2 rings (SSSR count). The number of benzene rings is 1. The molecule has 0 spiro atoms. The number of aliphatic hydroxyl groups excluding tert-OH is 1. The molecule has 1 aromatic rings. The maximum atomic E-state index is 11.6. The van der Waals surface area contributed by atoms with Gasteiger partial charge in [0, 0.05) is 12.2 Å². The topological polar surface area (TPSA) is 66.6 Å². The van der Waals surface area contributed by atoms with E-state index in [2.05, 4.69) is 0 Å². The third kappa shape index (κ3) is 1.86. The molecule has 15 heavy (non-hydrogen) atoms. The van der Waals surface area contributed by atoms with Crippen molar-refractivity contribution in [2.24, 2.45) is 5.73 Å². The normalized spacial score (nSPS) is 21.1. The Kier molecular flexibility index (Phi) is 2.70. The minimum atomic E-state index is -0.359. The lowest BCUT2D eigenvalue weighted by molar-refractivity contribution is -0.118. The predicted octanol–water partition coefficient (Wildman–Crippen LogP) is 0.243. The number of rotatable bonds is 2. The molecule has 1 amide bonds. The van der Waals surface area contributed by atoms with Crippen molar-refractivity contribution < 1.29 is 9.90 Å². The summed E-state index contributed by atoms with van der Waals surface area (Å²) in [5.41, 5.74) is 7.33. The summed E-state index contributed by atoms with van der Waals surface area (Å²) in [6, 6.07) is 6.93. The molecule has 1 saturated heterocycles. The number of carbonyl (C=O) groups excluding carboxylic acids is 1. The second-order valence-corrected chi connectivity index (χ2v) is 3.71. The molecule has 1 fully saturated rings. The number of hydrogen-bond acceptors (Lipinski definition) is 3. The smallest absolute Gasteiger partial charge is 0.243 e. The van der Waals surface area contributed by atoms with Gasteiger partial charge >= 0.3 is 0 Å². The van der Waals surface area contributed by atoms with Crippen LogP contribution >= 0.6 is 0 Å². The predicted molar refractivity (Wildman–Crippen MR) is 57.3 cm³/mol. The van der Waals surface area contributed by atoms with E-state index >= 15 is 0 Å². The molecule has 0 aromatic heterocycles. The highest BCUT2D eigenvalue weighted by atomic mass is 16.3. The molecule has 4 nitrogen and oxygen atoms in total. The number of amides is 1. The van der Waals surface area contributed by atoms with E-state index in [0.29, 0.717) is 13.0 Å². The number of hydrogen-bond donors (Lipinski definition) is 2. The lowest BCUT2D eigenvalue weighted by Crippen LogP contribution is -2.33. The van der Waals surface area contributed by atoms with E-state index in [-0.39, 0.29) is 18.6 Å². The van der Waals surface area contributed by atoms with E-state index in [9.17, 15) is 4.79 Å². The molecule has 0 aliphatic carbocycles. The minimum Gasteiger partial charge on any atom is -0.392 e.